The summed E-state index contributed by atoms with van der Waals surface area (Å²) < 4.78 is 5.21. The molecule has 2 fully saturated rings. The number of carboxylic acid groups (broad SMARTS) is 1. The molecule has 4 nitrogen and oxygen atoms in total. The Bertz CT molecular complexity index is 274. The third-order valence-corrected chi connectivity index (χ3v) is 4.57. The first-order valence-electron chi connectivity index (χ1n) is 7.18. The Labute approximate surface area is 109 Å². The van der Waals surface area contributed by atoms with Crippen LogP contribution in [0.5, 0.6) is 0 Å². The van der Waals surface area contributed by atoms with Crippen molar-refractivity contribution in [3.63, 3.8) is 0 Å². The molecule has 2 aliphatic rings. The number of nitrogens with zero attached hydrogens (tertiary/aromatic N) is 1. The van der Waals surface area contributed by atoms with Gasteiger partial charge in [0.25, 0.3) is 0 Å². The highest BCUT2D eigenvalue weighted by atomic mass is 16.5. The van der Waals surface area contributed by atoms with Gasteiger partial charge in [0.15, 0.2) is 0 Å². The topological polar surface area (TPSA) is 49.8 Å². The molecule has 2 atom stereocenters. The second-order valence-corrected chi connectivity index (χ2v) is 5.73. The molecular formula is C14H25NO3. The minimum atomic E-state index is -0.598. The van der Waals surface area contributed by atoms with Gasteiger partial charge in [-0.1, -0.05) is 12.8 Å². The van der Waals surface area contributed by atoms with Crippen LogP contribution in [0.15, 0.2) is 0 Å². The monoisotopic (exact) mass is 255 g/mol. The van der Waals surface area contributed by atoms with Crippen LogP contribution in [0.25, 0.3) is 0 Å². The maximum absolute atomic E-state index is 11.3. The van der Waals surface area contributed by atoms with Gasteiger partial charge >= 0.3 is 5.97 Å². The van der Waals surface area contributed by atoms with Crippen LogP contribution in [0.2, 0.25) is 0 Å². The Morgan fingerprint density at radius 1 is 1.22 bits per heavy atom. The van der Waals surface area contributed by atoms with E-state index in [9.17, 15) is 9.90 Å². The number of likely N-dealkylation sites (tertiary alicyclic amines) is 1. The molecule has 1 aliphatic heterocycles. The minimum absolute atomic E-state index is 0.141. The summed E-state index contributed by atoms with van der Waals surface area (Å²) in [6, 6.07) is 0.278. The highest BCUT2D eigenvalue weighted by Crippen LogP contribution is 2.31. The van der Waals surface area contributed by atoms with Crippen molar-refractivity contribution in [2.75, 3.05) is 26.8 Å². The zero-order chi connectivity index (χ0) is 13.0. The number of methoxy groups -OCH3 is 1. The largest absolute Gasteiger partial charge is 0.481 e. The van der Waals surface area contributed by atoms with Gasteiger partial charge in [-0.25, -0.2) is 0 Å². The van der Waals surface area contributed by atoms with Crippen LogP contribution in [0.3, 0.4) is 0 Å². The van der Waals surface area contributed by atoms with Crippen molar-refractivity contribution in [1.82, 2.24) is 4.90 Å². The molecule has 0 aromatic rings. The quantitative estimate of drug-likeness (QED) is 0.834. The van der Waals surface area contributed by atoms with Gasteiger partial charge in [-0.05, 0) is 44.7 Å². The fraction of sp³-hybridized carbons (Fsp3) is 0.929. The van der Waals surface area contributed by atoms with Crippen LogP contribution >= 0.6 is 0 Å². The first-order valence-corrected chi connectivity index (χ1v) is 7.18. The second kappa shape index (κ2) is 6.53. The average molecular weight is 255 g/mol. The molecule has 0 amide bonds. The van der Waals surface area contributed by atoms with Gasteiger partial charge < -0.3 is 9.84 Å². The van der Waals surface area contributed by atoms with Crippen molar-refractivity contribution in [2.45, 2.75) is 44.6 Å². The van der Waals surface area contributed by atoms with E-state index in [1.807, 2.05) is 0 Å². The number of piperidine rings is 1. The molecule has 4 heteroatoms. The first-order chi connectivity index (χ1) is 8.72. The molecule has 2 unspecified atom stereocenters. The van der Waals surface area contributed by atoms with E-state index >= 15 is 0 Å². The number of ether oxygens (including phenoxy) is 1. The highest BCUT2D eigenvalue weighted by molar-refractivity contribution is 5.71. The van der Waals surface area contributed by atoms with Crippen molar-refractivity contribution >= 4 is 5.97 Å². The number of carbonyl (C=O) groups is 1. The predicted molar refractivity (Wildman–Crippen MR) is 69.6 cm³/mol. The third-order valence-electron chi connectivity index (χ3n) is 4.57. The van der Waals surface area contributed by atoms with E-state index in [-0.39, 0.29) is 12.0 Å². The second-order valence-electron chi connectivity index (χ2n) is 5.73. The molecule has 104 valence electrons. The molecule has 0 aromatic carbocycles. The van der Waals surface area contributed by atoms with E-state index < -0.39 is 5.97 Å². The maximum atomic E-state index is 11.3. The fourth-order valence-electron chi connectivity index (χ4n) is 3.52. The van der Waals surface area contributed by atoms with Crippen LogP contribution in [-0.2, 0) is 9.53 Å². The molecule has 2 rings (SSSR count). The van der Waals surface area contributed by atoms with Crippen LogP contribution < -0.4 is 0 Å². The Hall–Kier alpha value is -0.610. The summed E-state index contributed by atoms with van der Waals surface area (Å²) >= 11 is 0. The lowest BCUT2D eigenvalue weighted by Gasteiger charge is -2.41. The van der Waals surface area contributed by atoms with Crippen molar-refractivity contribution < 1.29 is 14.6 Å². The molecule has 0 bridgehead atoms. The normalized spacial score (nSPS) is 31.4. The molecule has 1 saturated heterocycles. The zero-order valence-electron chi connectivity index (χ0n) is 11.3. The summed E-state index contributed by atoms with van der Waals surface area (Å²) in [4.78, 5) is 13.7. The van der Waals surface area contributed by atoms with Gasteiger partial charge in [0.2, 0.25) is 0 Å². The summed E-state index contributed by atoms with van der Waals surface area (Å²) in [7, 11) is 1.76. The predicted octanol–water partition coefficient (Wildman–Crippen LogP) is 1.99. The lowest BCUT2D eigenvalue weighted by atomic mass is 9.82. The standard InChI is InChI=1S/C14H25NO3/c1-18-10-11-6-8-15(9-7-11)13-5-3-2-4-12(13)14(16)17/h11-13H,2-10H2,1H3,(H,16,17). The van der Waals surface area contributed by atoms with E-state index in [0.717, 1.165) is 51.8 Å². The van der Waals surface area contributed by atoms with Crippen LogP contribution in [-0.4, -0.2) is 48.8 Å². The lowest BCUT2D eigenvalue weighted by Crippen LogP contribution is -2.49. The maximum Gasteiger partial charge on any atom is 0.308 e. The van der Waals surface area contributed by atoms with E-state index in [2.05, 4.69) is 4.90 Å². The molecule has 0 aromatic heterocycles. The van der Waals surface area contributed by atoms with Crippen LogP contribution in [0.4, 0.5) is 0 Å². The minimum Gasteiger partial charge on any atom is -0.481 e. The fourth-order valence-corrected chi connectivity index (χ4v) is 3.52. The molecular weight excluding hydrogens is 230 g/mol. The number of carboxylic acids is 1. The van der Waals surface area contributed by atoms with Crippen molar-refractivity contribution in [1.29, 1.82) is 0 Å². The van der Waals surface area contributed by atoms with E-state index in [0.29, 0.717) is 5.92 Å². The van der Waals surface area contributed by atoms with Gasteiger partial charge in [-0.15, -0.1) is 0 Å². The van der Waals surface area contributed by atoms with Crippen LogP contribution in [0.1, 0.15) is 38.5 Å². The Morgan fingerprint density at radius 2 is 1.89 bits per heavy atom. The zero-order valence-corrected chi connectivity index (χ0v) is 11.3. The molecule has 1 heterocycles. The van der Waals surface area contributed by atoms with E-state index in [4.69, 9.17) is 4.74 Å². The third kappa shape index (κ3) is 3.23. The Balaban J connectivity index is 1.88. The van der Waals surface area contributed by atoms with Crippen molar-refractivity contribution in [2.24, 2.45) is 11.8 Å². The van der Waals surface area contributed by atoms with Crippen molar-refractivity contribution in [3.05, 3.63) is 0 Å². The smallest absolute Gasteiger partial charge is 0.308 e. The number of hydrogen-bond donors (Lipinski definition) is 1. The first kappa shape index (κ1) is 13.8. The lowest BCUT2D eigenvalue weighted by molar-refractivity contribution is -0.146. The van der Waals surface area contributed by atoms with Gasteiger partial charge in [-0.2, -0.15) is 0 Å². The summed E-state index contributed by atoms with van der Waals surface area (Å²) in [5, 5.41) is 9.33. The Kier molecular flexibility index (Phi) is 5.01. The summed E-state index contributed by atoms with van der Waals surface area (Å²) in [6.07, 6.45) is 6.48. The average Bonchev–Trinajstić information content (AvgIpc) is 2.40. The van der Waals surface area contributed by atoms with E-state index in [1.165, 1.54) is 6.42 Å². The van der Waals surface area contributed by atoms with Crippen molar-refractivity contribution in [3.8, 4) is 0 Å². The molecule has 0 spiro atoms. The summed E-state index contributed by atoms with van der Waals surface area (Å²) in [5.41, 5.74) is 0. The number of aliphatic carboxylic acids is 1. The number of hydrogen-bond acceptors (Lipinski definition) is 3. The molecule has 0 radical (unpaired) electrons. The van der Waals surface area contributed by atoms with Gasteiger partial charge in [0.1, 0.15) is 0 Å². The summed E-state index contributed by atoms with van der Waals surface area (Å²) in [6.45, 7) is 2.94. The summed E-state index contributed by atoms with van der Waals surface area (Å²) in [5.74, 6) is -0.0745. The van der Waals surface area contributed by atoms with Gasteiger partial charge in [0, 0.05) is 19.8 Å². The van der Waals surface area contributed by atoms with Gasteiger partial charge in [0.05, 0.1) is 5.92 Å². The molecule has 18 heavy (non-hydrogen) atoms. The number of rotatable bonds is 4. The molecule has 1 aliphatic carbocycles. The molecule has 1 saturated carbocycles. The highest BCUT2D eigenvalue weighted by Gasteiger charge is 2.36. The Morgan fingerprint density at radius 3 is 2.50 bits per heavy atom. The van der Waals surface area contributed by atoms with Crippen LogP contribution in [0, 0.1) is 11.8 Å². The van der Waals surface area contributed by atoms with E-state index in [1.54, 1.807) is 7.11 Å². The SMILES string of the molecule is COCC1CCN(C2CCCCC2C(=O)O)CC1. The molecule has 1 N–H and O–H groups in total. The van der Waals surface area contributed by atoms with Gasteiger partial charge in [-0.3, -0.25) is 9.69 Å².